The van der Waals surface area contributed by atoms with Crippen LogP contribution in [0.15, 0.2) is 53.7 Å². The highest BCUT2D eigenvalue weighted by Gasteiger charge is 2.28. The molecule has 6 nitrogen and oxygen atoms in total. The number of hydrogen-bond acceptors (Lipinski definition) is 4. The van der Waals surface area contributed by atoms with Gasteiger partial charge < -0.3 is 10.3 Å². The zero-order valence-electron chi connectivity index (χ0n) is 14.7. The molecule has 1 aliphatic heterocycles. The van der Waals surface area contributed by atoms with Crippen LogP contribution in [0.25, 0.3) is 0 Å². The average Bonchev–Trinajstić information content (AvgIpc) is 3.29. The molecule has 0 amide bonds. The third-order valence-corrected chi connectivity index (χ3v) is 6.51. The molecule has 0 fully saturated rings. The van der Waals surface area contributed by atoms with Gasteiger partial charge in [0.05, 0.1) is 18.4 Å². The molecule has 3 aromatic rings. The van der Waals surface area contributed by atoms with Crippen molar-refractivity contribution in [3.05, 3.63) is 70.6 Å². The van der Waals surface area contributed by atoms with Crippen molar-refractivity contribution in [1.82, 2.24) is 9.97 Å². The lowest BCUT2D eigenvalue weighted by Gasteiger charge is -2.24. The van der Waals surface area contributed by atoms with E-state index in [1.807, 2.05) is 30.3 Å². The van der Waals surface area contributed by atoms with Crippen molar-refractivity contribution in [3.63, 3.8) is 0 Å². The van der Waals surface area contributed by atoms with Crippen molar-refractivity contribution in [2.24, 2.45) is 0 Å². The molecule has 0 unspecified atom stereocenters. The molecule has 140 valence electrons. The average molecular weight is 403 g/mol. The summed E-state index contributed by atoms with van der Waals surface area (Å²) < 4.78 is 28.0. The zero-order valence-corrected chi connectivity index (χ0v) is 16.3. The van der Waals surface area contributed by atoms with Crippen molar-refractivity contribution in [2.45, 2.75) is 24.9 Å². The van der Waals surface area contributed by atoms with Crippen LogP contribution in [0.4, 0.5) is 11.4 Å². The number of rotatable bonds is 5. The van der Waals surface area contributed by atoms with Crippen LogP contribution < -0.4 is 9.62 Å². The minimum absolute atomic E-state index is 0.0717. The van der Waals surface area contributed by atoms with Crippen molar-refractivity contribution >= 4 is 33.0 Å². The number of aromatic amines is 1. The lowest BCUT2D eigenvalue weighted by atomic mass is 10.1. The quantitative estimate of drug-likeness (QED) is 0.681. The van der Waals surface area contributed by atoms with Crippen molar-refractivity contribution < 1.29 is 8.42 Å². The highest BCUT2D eigenvalue weighted by molar-refractivity contribution is 7.92. The van der Waals surface area contributed by atoms with Gasteiger partial charge >= 0.3 is 0 Å². The number of benzene rings is 2. The maximum atomic E-state index is 13.3. The maximum absolute atomic E-state index is 13.3. The van der Waals surface area contributed by atoms with Gasteiger partial charge in [0.15, 0.2) is 5.03 Å². The number of H-pyrrole nitrogens is 1. The van der Waals surface area contributed by atoms with E-state index in [0.717, 1.165) is 24.2 Å². The highest BCUT2D eigenvalue weighted by atomic mass is 35.5. The Morgan fingerprint density at radius 1 is 1.19 bits per heavy atom. The second-order valence-electron chi connectivity index (χ2n) is 6.49. The molecule has 2 N–H and O–H groups in total. The summed E-state index contributed by atoms with van der Waals surface area (Å²) in [5.41, 5.74) is 3.61. The summed E-state index contributed by atoms with van der Waals surface area (Å²) >= 11 is 5.96. The van der Waals surface area contributed by atoms with E-state index in [1.165, 1.54) is 16.1 Å². The molecule has 2 aromatic carbocycles. The minimum Gasteiger partial charge on any atom is -0.384 e. The molecule has 0 saturated heterocycles. The molecule has 8 heteroatoms. The first-order chi connectivity index (χ1) is 12.9. The van der Waals surface area contributed by atoms with E-state index in [0.29, 0.717) is 16.5 Å². The molecule has 1 aromatic heterocycles. The van der Waals surface area contributed by atoms with Crippen LogP contribution in [-0.2, 0) is 23.0 Å². The van der Waals surface area contributed by atoms with E-state index in [4.69, 9.17) is 11.6 Å². The van der Waals surface area contributed by atoms with Crippen LogP contribution in [0.2, 0.25) is 5.02 Å². The first-order valence-electron chi connectivity index (χ1n) is 8.59. The van der Waals surface area contributed by atoms with Crippen LogP contribution in [0.1, 0.15) is 17.0 Å². The number of sulfonamides is 1. The van der Waals surface area contributed by atoms with E-state index in [-0.39, 0.29) is 11.6 Å². The third-order valence-electron chi connectivity index (χ3n) is 4.58. The fourth-order valence-electron chi connectivity index (χ4n) is 3.15. The molecule has 0 bridgehead atoms. The molecule has 27 heavy (non-hydrogen) atoms. The molecule has 2 heterocycles. The summed E-state index contributed by atoms with van der Waals surface area (Å²) in [7, 11) is -3.80. The normalized spacial score (nSPS) is 13.3. The minimum atomic E-state index is -3.80. The molecule has 0 saturated carbocycles. The lowest BCUT2D eigenvalue weighted by molar-refractivity contribution is 0.587. The van der Waals surface area contributed by atoms with Crippen molar-refractivity contribution in [3.8, 4) is 0 Å². The Balaban J connectivity index is 1.78. The van der Waals surface area contributed by atoms with Gasteiger partial charge in [-0.05, 0) is 48.7 Å². The van der Waals surface area contributed by atoms with E-state index in [2.05, 4.69) is 15.3 Å². The number of aromatic nitrogens is 2. The van der Waals surface area contributed by atoms with Crippen LogP contribution >= 0.6 is 11.6 Å². The Morgan fingerprint density at radius 2 is 1.96 bits per heavy atom. The molecule has 0 aliphatic carbocycles. The summed E-state index contributed by atoms with van der Waals surface area (Å²) in [6.45, 7) is 2.78. The van der Waals surface area contributed by atoms with Gasteiger partial charge in [-0.2, -0.15) is 8.42 Å². The first-order valence-corrected chi connectivity index (χ1v) is 10.4. The van der Waals surface area contributed by atoms with Gasteiger partial charge in [-0.3, -0.25) is 4.31 Å². The molecule has 0 radical (unpaired) electrons. The number of aryl methyl sites for hydroxylation is 1. The van der Waals surface area contributed by atoms with E-state index in [1.54, 1.807) is 19.1 Å². The standard InChI is InChI=1S/C19H19ClN4O2S/c1-13-22-11-19(23-13)27(25,26)24(12-14-2-5-16(20)6-3-14)17-7-4-15-8-9-21-18(15)10-17/h2-7,10-11,21H,8-9,12H2,1H3,(H,22,23). The van der Waals surface area contributed by atoms with Gasteiger partial charge in [-0.15, -0.1) is 0 Å². The Hall–Kier alpha value is -2.51. The third kappa shape index (κ3) is 3.52. The number of fused-ring (bicyclic) bond motifs is 1. The number of anilines is 2. The van der Waals surface area contributed by atoms with Crippen molar-refractivity contribution in [2.75, 3.05) is 16.2 Å². The Morgan fingerprint density at radius 3 is 2.67 bits per heavy atom. The van der Waals surface area contributed by atoms with Crippen LogP contribution in [0.3, 0.4) is 0 Å². The second kappa shape index (κ2) is 6.90. The van der Waals surface area contributed by atoms with Gasteiger partial charge in [-0.1, -0.05) is 29.8 Å². The van der Waals surface area contributed by atoms with Crippen LogP contribution in [0, 0.1) is 6.92 Å². The number of nitrogens with one attached hydrogen (secondary N) is 2. The smallest absolute Gasteiger partial charge is 0.281 e. The maximum Gasteiger partial charge on any atom is 0.281 e. The fraction of sp³-hybridized carbons (Fsp3) is 0.211. The highest BCUT2D eigenvalue weighted by Crippen LogP contribution is 2.31. The molecular formula is C19H19ClN4O2S. The summed E-state index contributed by atoms with van der Waals surface area (Å²) in [6.07, 6.45) is 2.30. The monoisotopic (exact) mass is 402 g/mol. The van der Waals surface area contributed by atoms with Gasteiger partial charge in [0, 0.05) is 17.3 Å². The molecule has 4 rings (SSSR count). The van der Waals surface area contributed by atoms with E-state index < -0.39 is 10.0 Å². The topological polar surface area (TPSA) is 78.1 Å². The largest absolute Gasteiger partial charge is 0.384 e. The lowest BCUT2D eigenvalue weighted by Crippen LogP contribution is -2.31. The summed E-state index contributed by atoms with van der Waals surface area (Å²) in [6, 6.07) is 12.9. The number of imidazole rings is 1. The second-order valence-corrected chi connectivity index (χ2v) is 8.76. The summed E-state index contributed by atoms with van der Waals surface area (Å²) in [5, 5.41) is 3.98. The zero-order chi connectivity index (χ0) is 19.0. The van der Waals surface area contributed by atoms with Crippen LogP contribution in [0.5, 0.6) is 0 Å². The van der Waals surface area contributed by atoms with Gasteiger partial charge in [0.2, 0.25) is 0 Å². The van der Waals surface area contributed by atoms with Gasteiger partial charge in [0.25, 0.3) is 10.0 Å². The van der Waals surface area contributed by atoms with Gasteiger partial charge in [0.1, 0.15) is 5.82 Å². The van der Waals surface area contributed by atoms with Crippen LogP contribution in [-0.4, -0.2) is 24.9 Å². The fourth-order valence-corrected chi connectivity index (χ4v) is 4.69. The number of nitrogens with zero attached hydrogens (tertiary/aromatic N) is 2. The summed E-state index contributed by atoms with van der Waals surface area (Å²) in [4.78, 5) is 6.88. The predicted molar refractivity (Wildman–Crippen MR) is 107 cm³/mol. The van der Waals surface area contributed by atoms with Crippen molar-refractivity contribution in [1.29, 1.82) is 0 Å². The molecule has 0 spiro atoms. The first kappa shape index (κ1) is 17.9. The summed E-state index contributed by atoms with van der Waals surface area (Å²) in [5.74, 6) is 0.552. The predicted octanol–water partition coefficient (Wildman–Crippen LogP) is 3.74. The molecular weight excluding hydrogens is 384 g/mol. The van der Waals surface area contributed by atoms with E-state index in [9.17, 15) is 8.42 Å². The molecule has 0 atom stereocenters. The Kier molecular flexibility index (Phi) is 4.57. The Labute approximate surface area is 163 Å². The van der Waals surface area contributed by atoms with E-state index >= 15 is 0 Å². The SMILES string of the molecule is Cc1ncc(S(=O)(=O)N(Cc2ccc(Cl)cc2)c2ccc3c(c2)NCC3)[nH]1. The number of halogens is 1. The van der Waals surface area contributed by atoms with Gasteiger partial charge in [-0.25, -0.2) is 4.98 Å². The molecule has 1 aliphatic rings. The number of hydrogen-bond donors (Lipinski definition) is 2. The Bertz CT molecular complexity index is 1080.